The topological polar surface area (TPSA) is 106 Å². The Morgan fingerprint density at radius 1 is 1.09 bits per heavy atom. The fourth-order valence-electron chi connectivity index (χ4n) is 4.14. The number of imidazole rings is 1. The van der Waals surface area contributed by atoms with Gasteiger partial charge < -0.3 is 20.5 Å². The van der Waals surface area contributed by atoms with Gasteiger partial charge in [-0.05, 0) is 49.2 Å². The summed E-state index contributed by atoms with van der Waals surface area (Å²) < 4.78 is 7.79. The van der Waals surface area contributed by atoms with Gasteiger partial charge >= 0.3 is 5.97 Å². The molecule has 3 N–H and O–H groups in total. The molecule has 0 saturated carbocycles. The van der Waals surface area contributed by atoms with Crippen molar-refractivity contribution in [3.63, 3.8) is 0 Å². The van der Waals surface area contributed by atoms with E-state index >= 15 is 0 Å². The molecule has 1 atom stereocenters. The van der Waals surface area contributed by atoms with Crippen LogP contribution >= 0.6 is 0 Å². The molecule has 8 heteroatoms. The molecule has 1 aliphatic rings. The van der Waals surface area contributed by atoms with Crippen LogP contribution in [0.1, 0.15) is 12.8 Å². The van der Waals surface area contributed by atoms with Crippen molar-refractivity contribution in [3.05, 3.63) is 67.0 Å². The first-order valence-electron chi connectivity index (χ1n) is 10.5. The number of nitrogen functional groups attached to an aromatic ring is 1. The quantitative estimate of drug-likeness (QED) is 0.492. The predicted molar refractivity (Wildman–Crippen MR) is 122 cm³/mol. The SMILES string of the molecule is Nc1nccn2c(N3CCC[C@H](C(=O)O)C3)nc(-c3ccc(Oc4ccccc4)cc3)c12. The average Bonchev–Trinajstić information content (AvgIpc) is 3.21. The molecule has 5 rings (SSSR count). The van der Waals surface area contributed by atoms with Crippen molar-refractivity contribution in [2.75, 3.05) is 23.7 Å². The van der Waals surface area contributed by atoms with Crippen molar-refractivity contribution < 1.29 is 14.6 Å². The minimum Gasteiger partial charge on any atom is -0.481 e. The third kappa shape index (κ3) is 3.71. The van der Waals surface area contributed by atoms with Gasteiger partial charge in [0.15, 0.2) is 0 Å². The largest absolute Gasteiger partial charge is 0.481 e. The molecular weight excluding hydrogens is 406 g/mol. The summed E-state index contributed by atoms with van der Waals surface area (Å²) in [7, 11) is 0. The molecule has 2 aromatic carbocycles. The molecule has 1 fully saturated rings. The maximum Gasteiger partial charge on any atom is 0.308 e. The Morgan fingerprint density at radius 3 is 2.59 bits per heavy atom. The highest BCUT2D eigenvalue weighted by Gasteiger charge is 2.29. The van der Waals surface area contributed by atoms with Crippen LogP contribution < -0.4 is 15.4 Å². The number of para-hydroxylation sites is 1. The smallest absolute Gasteiger partial charge is 0.308 e. The molecule has 0 bridgehead atoms. The van der Waals surface area contributed by atoms with E-state index in [1.54, 1.807) is 6.20 Å². The lowest BCUT2D eigenvalue weighted by Gasteiger charge is -2.30. The highest BCUT2D eigenvalue weighted by atomic mass is 16.5. The van der Waals surface area contributed by atoms with Crippen molar-refractivity contribution in [1.82, 2.24) is 14.4 Å². The molecule has 162 valence electrons. The zero-order valence-corrected chi connectivity index (χ0v) is 17.4. The summed E-state index contributed by atoms with van der Waals surface area (Å²) in [4.78, 5) is 22.7. The molecule has 0 aliphatic carbocycles. The number of nitrogens with two attached hydrogens (primary N) is 1. The molecule has 1 aliphatic heterocycles. The van der Waals surface area contributed by atoms with E-state index in [2.05, 4.69) is 4.98 Å². The zero-order valence-electron chi connectivity index (χ0n) is 17.4. The summed E-state index contributed by atoms with van der Waals surface area (Å²) in [5, 5.41) is 9.48. The minimum absolute atomic E-state index is 0.373. The highest BCUT2D eigenvalue weighted by Crippen LogP contribution is 2.34. The fraction of sp³-hybridized carbons (Fsp3) is 0.208. The van der Waals surface area contributed by atoms with Gasteiger partial charge in [0.2, 0.25) is 5.95 Å². The number of anilines is 2. The third-order valence-electron chi connectivity index (χ3n) is 5.72. The number of carboxylic acids is 1. The van der Waals surface area contributed by atoms with Gasteiger partial charge in [-0.25, -0.2) is 9.97 Å². The number of fused-ring (bicyclic) bond motifs is 1. The number of ether oxygens (including phenoxy) is 1. The summed E-state index contributed by atoms with van der Waals surface area (Å²) >= 11 is 0. The van der Waals surface area contributed by atoms with Crippen LogP contribution in [0.25, 0.3) is 16.8 Å². The van der Waals surface area contributed by atoms with E-state index in [0.717, 1.165) is 30.0 Å². The maximum atomic E-state index is 11.5. The van der Waals surface area contributed by atoms with E-state index in [1.165, 1.54) is 0 Å². The summed E-state index contributed by atoms with van der Waals surface area (Å²) in [6, 6.07) is 17.2. The summed E-state index contributed by atoms with van der Waals surface area (Å²) in [5.74, 6) is 1.35. The summed E-state index contributed by atoms with van der Waals surface area (Å²) in [6.45, 7) is 1.16. The number of hydrogen-bond acceptors (Lipinski definition) is 6. The second kappa shape index (κ2) is 8.22. The van der Waals surface area contributed by atoms with Gasteiger partial charge in [-0.3, -0.25) is 9.20 Å². The van der Waals surface area contributed by atoms with Gasteiger partial charge in [-0.2, -0.15) is 0 Å². The van der Waals surface area contributed by atoms with Crippen molar-refractivity contribution in [3.8, 4) is 22.8 Å². The fourth-order valence-corrected chi connectivity index (χ4v) is 4.14. The van der Waals surface area contributed by atoms with E-state index in [9.17, 15) is 9.90 Å². The molecule has 0 unspecified atom stereocenters. The van der Waals surface area contributed by atoms with Crippen LogP contribution in [0, 0.1) is 5.92 Å². The Labute approximate surface area is 184 Å². The van der Waals surface area contributed by atoms with E-state index in [4.69, 9.17) is 15.5 Å². The number of piperidine rings is 1. The molecule has 32 heavy (non-hydrogen) atoms. The van der Waals surface area contributed by atoms with E-state index in [-0.39, 0.29) is 0 Å². The Hall–Kier alpha value is -4.07. The molecule has 4 aromatic rings. The number of nitrogens with zero attached hydrogens (tertiary/aromatic N) is 4. The Morgan fingerprint density at radius 2 is 1.84 bits per heavy atom. The van der Waals surface area contributed by atoms with Crippen molar-refractivity contribution in [2.24, 2.45) is 5.92 Å². The average molecular weight is 429 g/mol. The van der Waals surface area contributed by atoms with Crippen LogP contribution in [0.5, 0.6) is 11.5 Å². The maximum absolute atomic E-state index is 11.5. The number of carboxylic acid groups (broad SMARTS) is 1. The first-order valence-corrected chi connectivity index (χ1v) is 10.5. The number of aromatic nitrogens is 3. The predicted octanol–water partition coefficient (Wildman–Crippen LogP) is 4.07. The van der Waals surface area contributed by atoms with Gasteiger partial charge in [0.05, 0.1) is 5.92 Å². The Balaban J connectivity index is 1.51. The van der Waals surface area contributed by atoms with E-state index < -0.39 is 11.9 Å². The van der Waals surface area contributed by atoms with Crippen LogP contribution in [-0.2, 0) is 4.79 Å². The monoisotopic (exact) mass is 429 g/mol. The molecule has 0 spiro atoms. The van der Waals surface area contributed by atoms with Crippen molar-refractivity contribution >= 4 is 23.3 Å². The van der Waals surface area contributed by atoms with Gasteiger partial charge in [0.25, 0.3) is 0 Å². The normalized spacial score (nSPS) is 16.2. The molecule has 1 saturated heterocycles. The molecular formula is C24H23N5O3. The second-order valence-electron chi connectivity index (χ2n) is 7.85. The standard InChI is InChI=1S/C24H23N5O3/c25-22-21-20(16-8-10-19(11-9-16)32-18-6-2-1-3-7-18)27-24(29(21)14-12-26-22)28-13-4-5-17(15-28)23(30)31/h1-3,6-12,14,17H,4-5,13,15H2,(H2,25,26)(H,30,31)/t17-/m0/s1. The van der Waals surface area contributed by atoms with Crippen LogP contribution in [0.2, 0.25) is 0 Å². The Kier molecular flexibility index (Phi) is 5.10. The molecule has 0 radical (unpaired) electrons. The number of benzene rings is 2. The van der Waals surface area contributed by atoms with E-state index in [0.29, 0.717) is 35.9 Å². The minimum atomic E-state index is -0.772. The summed E-state index contributed by atoms with van der Waals surface area (Å²) in [6.07, 6.45) is 4.92. The first-order chi connectivity index (χ1) is 15.6. The summed E-state index contributed by atoms with van der Waals surface area (Å²) in [5.41, 5.74) is 8.52. The lowest BCUT2D eigenvalue weighted by Crippen LogP contribution is -2.39. The van der Waals surface area contributed by atoms with Crippen LogP contribution in [-0.4, -0.2) is 38.5 Å². The van der Waals surface area contributed by atoms with Gasteiger partial charge in [0, 0.05) is 31.0 Å². The lowest BCUT2D eigenvalue weighted by atomic mass is 9.99. The van der Waals surface area contributed by atoms with Crippen LogP contribution in [0.15, 0.2) is 67.0 Å². The zero-order chi connectivity index (χ0) is 22.1. The molecule has 3 heterocycles. The molecule has 2 aromatic heterocycles. The van der Waals surface area contributed by atoms with Gasteiger partial charge in [-0.15, -0.1) is 0 Å². The van der Waals surface area contributed by atoms with Crippen molar-refractivity contribution in [1.29, 1.82) is 0 Å². The number of aliphatic carboxylic acids is 1. The number of rotatable bonds is 5. The van der Waals surface area contributed by atoms with Crippen LogP contribution in [0.3, 0.4) is 0 Å². The third-order valence-corrected chi connectivity index (χ3v) is 5.72. The van der Waals surface area contributed by atoms with Gasteiger partial charge in [-0.1, -0.05) is 18.2 Å². The van der Waals surface area contributed by atoms with Crippen LogP contribution in [0.4, 0.5) is 11.8 Å². The Bertz CT molecular complexity index is 1250. The highest BCUT2D eigenvalue weighted by molar-refractivity contribution is 5.87. The second-order valence-corrected chi connectivity index (χ2v) is 7.85. The molecule has 8 nitrogen and oxygen atoms in total. The lowest BCUT2D eigenvalue weighted by molar-refractivity contribution is -0.141. The number of hydrogen-bond donors (Lipinski definition) is 2. The van der Waals surface area contributed by atoms with Gasteiger partial charge in [0.1, 0.15) is 28.5 Å². The first kappa shape index (κ1) is 19.9. The molecule has 0 amide bonds. The van der Waals surface area contributed by atoms with Crippen molar-refractivity contribution in [2.45, 2.75) is 12.8 Å². The van der Waals surface area contributed by atoms with E-state index in [1.807, 2.05) is 70.1 Å². The number of carbonyl (C=O) groups is 1.